The molecule has 2 heteroatoms. The van der Waals surface area contributed by atoms with Gasteiger partial charge in [-0.15, -0.1) is 0 Å². The van der Waals surface area contributed by atoms with E-state index in [0.29, 0.717) is 5.56 Å². The lowest BCUT2D eigenvalue weighted by Gasteiger charge is -2.27. The Hall–Kier alpha value is -2.27. The van der Waals surface area contributed by atoms with Crippen LogP contribution in [0.3, 0.4) is 0 Å². The monoisotopic (exact) mass is 347 g/mol. The topological polar surface area (TPSA) is 33.0 Å². The third-order valence-electron chi connectivity index (χ3n) is 5.77. The van der Waals surface area contributed by atoms with Crippen molar-refractivity contribution in [2.45, 2.75) is 51.9 Å². The molecule has 0 N–H and O–H groups in total. The quantitative estimate of drug-likeness (QED) is 0.529. The highest BCUT2D eigenvalue weighted by Gasteiger charge is 2.19. The van der Waals surface area contributed by atoms with E-state index in [9.17, 15) is 0 Å². The highest BCUT2D eigenvalue weighted by molar-refractivity contribution is 5.64. The van der Waals surface area contributed by atoms with Crippen LogP contribution < -0.4 is 4.74 Å². The molecule has 0 amide bonds. The van der Waals surface area contributed by atoms with E-state index in [4.69, 9.17) is 10.00 Å². The van der Waals surface area contributed by atoms with Crippen molar-refractivity contribution in [3.63, 3.8) is 0 Å². The number of nitrogens with zero attached hydrogens (tertiary/aromatic N) is 1. The molecule has 2 aromatic carbocycles. The Bertz CT molecular complexity index is 703. The summed E-state index contributed by atoms with van der Waals surface area (Å²) in [6, 6.07) is 18.1. The van der Waals surface area contributed by atoms with Crippen LogP contribution in [-0.2, 0) is 0 Å². The number of rotatable bonds is 7. The summed E-state index contributed by atoms with van der Waals surface area (Å²) in [4.78, 5) is 0. The van der Waals surface area contributed by atoms with E-state index in [2.05, 4.69) is 25.1 Å². The summed E-state index contributed by atoms with van der Waals surface area (Å²) < 4.78 is 5.92. The molecule has 0 aliphatic heterocycles. The second-order valence-corrected chi connectivity index (χ2v) is 7.50. The van der Waals surface area contributed by atoms with E-state index in [1.165, 1.54) is 38.5 Å². The van der Waals surface area contributed by atoms with Gasteiger partial charge in [-0.25, -0.2) is 0 Å². The second-order valence-electron chi connectivity index (χ2n) is 7.50. The minimum atomic E-state index is 0.692. The molecule has 1 aliphatic rings. The molecule has 0 radical (unpaired) electrons. The average Bonchev–Trinajstić information content (AvgIpc) is 2.72. The third-order valence-corrected chi connectivity index (χ3v) is 5.77. The number of hydrogen-bond acceptors (Lipinski definition) is 2. The zero-order valence-corrected chi connectivity index (χ0v) is 15.8. The first kappa shape index (κ1) is 18.5. The number of hydrogen-bond donors (Lipinski definition) is 0. The van der Waals surface area contributed by atoms with E-state index < -0.39 is 0 Å². The fourth-order valence-corrected chi connectivity index (χ4v) is 3.97. The van der Waals surface area contributed by atoms with Gasteiger partial charge in [-0.05, 0) is 60.1 Å². The van der Waals surface area contributed by atoms with Gasteiger partial charge in [0.15, 0.2) is 0 Å². The number of ether oxygens (including phenoxy) is 1. The molecule has 0 bridgehead atoms. The molecular weight excluding hydrogens is 318 g/mol. The Morgan fingerprint density at radius 2 is 1.46 bits per heavy atom. The van der Waals surface area contributed by atoms with Crippen molar-refractivity contribution in [2.24, 2.45) is 11.8 Å². The zero-order chi connectivity index (χ0) is 18.2. The molecule has 2 aromatic rings. The van der Waals surface area contributed by atoms with Crippen molar-refractivity contribution in [1.82, 2.24) is 0 Å². The van der Waals surface area contributed by atoms with Crippen LogP contribution in [-0.4, -0.2) is 6.61 Å². The predicted octanol–water partition coefficient (Wildman–Crippen LogP) is 6.60. The van der Waals surface area contributed by atoms with Crippen molar-refractivity contribution in [2.75, 3.05) is 6.61 Å². The van der Waals surface area contributed by atoms with Gasteiger partial charge in [-0.2, -0.15) is 5.26 Å². The van der Waals surface area contributed by atoms with Gasteiger partial charge >= 0.3 is 0 Å². The van der Waals surface area contributed by atoms with Gasteiger partial charge in [0.25, 0.3) is 0 Å². The lowest BCUT2D eigenvalue weighted by Crippen LogP contribution is -2.14. The van der Waals surface area contributed by atoms with Crippen LogP contribution in [0.4, 0.5) is 0 Å². The molecule has 136 valence electrons. The van der Waals surface area contributed by atoms with Crippen LogP contribution in [0.5, 0.6) is 5.75 Å². The fraction of sp³-hybridized carbons (Fsp3) is 0.458. The van der Waals surface area contributed by atoms with Crippen molar-refractivity contribution in [1.29, 1.82) is 5.26 Å². The van der Waals surface area contributed by atoms with E-state index in [1.54, 1.807) is 0 Å². The van der Waals surface area contributed by atoms with Gasteiger partial charge in [0.2, 0.25) is 0 Å². The van der Waals surface area contributed by atoms with Crippen molar-refractivity contribution < 1.29 is 4.74 Å². The first-order valence-electron chi connectivity index (χ1n) is 10.0. The molecular formula is C24H29NO. The van der Waals surface area contributed by atoms with Crippen LogP contribution in [0, 0.1) is 23.2 Å². The smallest absolute Gasteiger partial charge is 0.119 e. The molecule has 0 atom stereocenters. The first-order chi connectivity index (χ1) is 12.8. The van der Waals surface area contributed by atoms with E-state index in [0.717, 1.165) is 41.7 Å². The summed E-state index contributed by atoms with van der Waals surface area (Å²) in [5.41, 5.74) is 2.96. The van der Waals surface area contributed by atoms with Gasteiger partial charge in [-0.3, -0.25) is 0 Å². The van der Waals surface area contributed by atoms with Crippen LogP contribution in [0.1, 0.15) is 57.4 Å². The molecule has 1 saturated carbocycles. The largest absolute Gasteiger partial charge is 0.494 e. The van der Waals surface area contributed by atoms with Crippen molar-refractivity contribution in [3.8, 4) is 22.9 Å². The maximum Gasteiger partial charge on any atom is 0.119 e. The van der Waals surface area contributed by atoms with Crippen LogP contribution >= 0.6 is 0 Å². The molecule has 0 spiro atoms. The summed E-state index contributed by atoms with van der Waals surface area (Å²) in [5.74, 6) is 2.84. The second kappa shape index (κ2) is 9.43. The van der Waals surface area contributed by atoms with Crippen LogP contribution in [0.25, 0.3) is 11.1 Å². The number of benzene rings is 2. The molecule has 0 heterocycles. The van der Waals surface area contributed by atoms with Crippen molar-refractivity contribution >= 4 is 0 Å². The molecule has 26 heavy (non-hydrogen) atoms. The van der Waals surface area contributed by atoms with Gasteiger partial charge in [-0.1, -0.05) is 63.3 Å². The Morgan fingerprint density at radius 3 is 2.04 bits per heavy atom. The minimum Gasteiger partial charge on any atom is -0.494 e. The molecule has 0 unspecified atom stereocenters. The fourth-order valence-electron chi connectivity index (χ4n) is 3.97. The van der Waals surface area contributed by atoms with Crippen LogP contribution in [0.2, 0.25) is 0 Å². The van der Waals surface area contributed by atoms with Gasteiger partial charge < -0.3 is 4.74 Å². The van der Waals surface area contributed by atoms with Crippen LogP contribution in [0.15, 0.2) is 48.5 Å². The molecule has 0 aromatic heterocycles. The summed E-state index contributed by atoms with van der Waals surface area (Å²) in [6.07, 6.45) is 9.50. The maximum atomic E-state index is 8.88. The molecule has 0 saturated heterocycles. The highest BCUT2D eigenvalue weighted by Crippen LogP contribution is 2.33. The summed E-state index contributed by atoms with van der Waals surface area (Å²) >= 11 is 0. The first-order valence-corrected chi connectivity index (χ1v) is 10.0. The van der Waals surface area contributed by atoms with E-state index >= 15 is 0 Å². The zero-order valence-electron chi connectivity index (χ0n) is 15.8. The normalized spacial score (nSPS) is 19.7. The third kappa shape index (κ3) is 5.11. The van der Waals surface area contributed by atoms with Gasteiger partial charge in [0, 0.05) is 0 Å². The average molecular weight is 348 g/mol. The molecule has 1 fully saturated rings. The molecule has 2 nitrogen and oxygen atoms in total. The Morgan fingerprint density at radius 1 is 0.885 bits per heavy atom. The minimum absolute atomic E-state index is 0.692. The number of nitriles is 1. The summed E-state index contributed by atoms with van der Waals surface area (Å²) in [7, 11) is 0. The van der Waals surface area contributed by atoms with Crippen molar-refractivity contribution in [3.05, 3.63) is 54.1 Å². The van der Waals surface area contributed by atoms with E-state index in [-0.39, 0.29) is 0 Å². The summed E-state index contributed by atoms with van der Waals surface area (Å²) in [5, 5.41) is 8.88. The lowest BCUT2D eigenvalue weighted by atomic mass is 9.79. The standard InChI is InChI=1S/C24H29NO/c1-2-19-5-7-20(8-6-19)4-3-17-26-24-15-13-23(14-16-24)22-11-9-21(18-25)10-12-22/h9-16,19-20H,2-8,17H2,1H3/t19-,20-. The Labute approximate surface area is 157 Å². The highest BCUT2D eigenvalue weighted by atomic mass is 16.5. The molecule has 3 rings (SSSR count). The Kier molecular flexibility index (Phi) is 6.72. The van der Waals surface area contributed by atoms with E-state index in [1.807, 2.05) is 36.4 Å². The Balaban J connectivity index is 1.41. The lowest BCUT2D eigenvalue weighted by molar-refractivity contribution is 0.234. The van der Waals surface area contributed by atoms with Gasteiger partial charge in [0.1, 0.15) is 5.75 Å². The maximum absolute atomic E-state index is 8.88. The summed E-state index contributed by atoms with van der Waals surface area (Å²) in [6.45, 7) is 3.13. The molecule has 1 aliphatic carbocycles. The SMILES string of the molecule is CC[C@H]1CC[C@H](CCCOc2ccc(-c3ccc(C#N)cc3)cc2)CC1. The predicted molar refractivity (Wildman–Crippen MR) is 107 cm³/mol. The van der Waals surface area contributed by atoms with Gasteiger partial charge in [0.05, 0.1) is 18.2 Å².